The highest BCUT2D eigenvalue weighted by molar-refractivity contribution is 8.00. The topological polar surface area (TPSA) is 52.3 Å². The van der Waals surface area contributed by atoms with E-state index in [2.05, 4.69) is 4.74 Å². The minimum absolute atomic E-state index is 0.357. The number of carbonyl (C=O) groups is 1. The van der Waals surface area contributed by atoms with Crippen LogP contribution in [0.15, 0.2) is 16.3 Å². The number of nitrogens with two attached hydrogens (primary N) is 1. The first-order valence-electron chi connectivity index (χ1n) is 4.13. The normalized spacial score (nSPS) is 12.5. The lowest BCUT2D eigenvalue weighted by molar-refractivity contribution is -0.142. The van der Waals surface area contributed by atoms with Crippen molar-refractivity contribution < 1.29 is 9.53 Å². The Morgan fingerprint density at radius 3 is 2.93 bits per heavy atom. The molecule has 0 aromatic carbocycles. The Hall–Kier alpha value is -0.520. The molecule has 1 heterocycles. The molecule has 0 spiro atoms. The molecule has 0 aliphatic carbocycles. The van der Waals surface area contributed by atoms with Gasteiger partial charge >= 0.3 is 5.97 Å². The third kappa shape index (κ3) is 3.01. The van der Waals surface area contributed by atoms with E-state index < -0.39 is 6.04 Å². The van der Waals surface area contributed by atoms with Gasteiger partial charge in [0, 0.05) is 11.3 Å². The SMILES string of the molecule is COC(=O)C(N)Cc1ccc(SC)s1. The molecule has 0 fully saturated rings. The Morgan fingerprint density at radius 2 is 2.43 bits per heavy atom. The molecule has 0 saturated carbocycles. The van der Waals surface area contributed by atoms with E-state index in [1.54, 1.807) is 23.1 Å². The number of methoxy groups -OCH3 is 1. The third-order valence-corrected chi connectivity index (χ3v) is 3.95. The molecule has 14 heavy (non-hydrogen) atoms. The minimum Gasteiger partial charge on any atom is -0.468 e. The lowest BCUT2D eigenvalue weighted by atomic mass is 10.2. The van der Waals surface area contributed by atoms with Crippen LogP contribution in [0.1, 0.15) is 4.88 Å². The van der Waals surface area contributed by atoms with Gasteiger partial charge < -0.3 is 10.5 Å². The van der Waals surface area contributed by atoms with Crippen LogP contribution in [0.5, 0.6) is 0 Å². The van der Waals surface area contributed by atoms with E-state index in [-0.39, 0.29) is 5.97 Å². The lowest BCUT2D eigenvalue weighted by Crippen LogP contribution is -2.33. The molecule has 0 amide bonds. The maximum atomic E-state index is 11.0. The number of thioether (sulfide) groups is 1. The second-order valence-electron chi connectivity index (χ2n) is 2.76. The van der Waals surface area contributed by atoms with Gasteiger partial charge in [0.05, 0.1) is 11.3 Å². The predicted octanol–water partition coefficient (Wildman–Crippen LogP) is 1.51. The summed E-state index contributed by atoms with van der Waals surface area (Å²) in [4.78, 5) is 12.2. The summed E-state index contributed by atoms with van der Waals surface area (Å²) in [6.45, 7) is 0. The Labute approximate surface area is 91.6 Å². The first-order valence-corrected chi connectivity index (χ1v) is 6.17. The smallest absolute Gasteiger partial charge is 0.323 e. The zero-order valence-electron chi connectivity index (χ0n) is 8.15. The van der Waals surface area contributed by atoms with Gasteiger partial charge in [0.2, 0.25) is 0 Å². The first-order chi connectivity index (χ1) is 6.67. The van der Waals surface area contributed by atoms with Gasteiger partial charge in [-0.25, -0.2) is 0 Å². The van der Waals surface area contributed by atoms with Crippen molar-refractivity contribution in [3.8, 4) is 0 Å². The van der Waals surface area contributed by atoms with E-state index in [0.717, 1.165) is 4.88 Å². The fraction of sp³-hybridized carbons (Fsp3) is 0.444. The van der Waals surface area contributed by atoms with Crippen LogP contribution < -0.4 is 5.73 Å². The molecule has 78 valence electrons. The summed E-state index contributed by atoms with van der Waals surface area (Å²) in [5.41, 5.74) is 5.64. The summed E-state index contributed by atoms with van der Waals surface area (Å²) < 4.78 is 5.79. The van der Waals surface area contributed by atoms with Crippen LogP contribution >= 0.6 is 23.1 Å². The van der Waals surface area contributed by atoms with Crippen molar-refractivity contribution in [1.82, 2.24) is 0 Å². The van der Waals surface area contributed by atoms with Crippen LogP contribution in [0.2, 0.25) is 0 Å². The second-order valence-corrected chi connectivity index (χ2v) is 5.03. The highest BCUT2D eigenvalue weighted by Crippen LogP contribution is 2.25. The maximum absolute atomic E-state index is 11.0. The second kappa shape index (κ2) is 5.38. The summed E-state index contributed by atoms with van der Waals surface area (Å²) >= 11 is 3.36. The Morgan fingerprint density at radius 1 is 1.71 bits per heavy atom. The molecule has 3 nitrogen and oxygen atoms in total. The number of hydrogen-bond acceptors (Lipinski definition) is 5. The summed E-state index contributed by atoms with van der Waals surface area (Å²) in [7, 11) is 1.35. The lowest BCUT2D eigenvalue weighted by Gasteiger charge is -2.06. The summed E-state index contributed by atoms with van der Waals surface area (Å²) in [5, 5.41) is 0. The Bertz CT molecular complexity index is 312. The maximum Gasteiger partial charge on any atom is 0.323 e. The molecule has 0 aliphatic heterocycles. The molecule has 1 aromatic heterocycles. The molecule has 1 unspecified atom stereocenters. The van der Waals surface area contributed by atoms with Crippen molar-refractivity contribution in [3.63, 3.8) is 0 Å². The fourth-order valence-corrected chi connectivity index (χ4v) is 2.68. The molecular formula is C9H13NO2S2. The van der Waals surface area contributed by atoms with Crippen LogP contribution in [0.3, 0.4) is 0 Å². The molecular weight excluding hydrogens is 218 g/mol. The van der Waals surface area contributed by atoms with Gasteiger partial charge in [0.15, 0.2) is 0 Å². The molecule has 0 radical (unpaired) electrons. The number of carbonyl (C=O) groups excluding carboxylic acids is 1. The summed E-state index contributed by atoms with van der Waals surface area (Å²) in [6, 6.07) is 3.49. The van der Waals surface area contributed by atoms with Gasteiger partial charge in [-0.3, -0.25) is 4.79 Å². The monoisotopic (exact) mass is 231 g/mol. The largest absolute Gasteiger partial charge is 0.468 e. The number of thiophene rings is 1. The van der Waals surface area contributed by atoms with Crippen molar-refractivity contribution in [2.24, 2.45) is 5.73 Å². The predicted molar refractivity (Wildman–Crippen MR) is 59.8 cm³/mol. The first kappa shape index (κ1) is 11.6. The van der Waals surface area contributed by atoms with Crippen molar-refractivity contribution in [3.05, 3.63) is 17.0 Å². The van der Waals surface area contributed by atoms with Gasteiger partial charge in [-0.15, -0.1) is 23.1 Å². The van der Waals surface area contributed by atoms with Crippen molar-refractivity contribution in [1.29, 1.82) is 0 Å². The summed E-state index contributed by atoms with van der Waals surface area (Å²) in [5.74, 6) is -0.357. The van der Waals surface area contributed by atoms with E-state index in [1.165, 1.54) is 11.3 Å². The zero-order chi connectivity index (χ0) is 10.6. The zero-order valence-corrected chi connectivity index (χ0v) is 9.78. The molecule has 1 atom stereocenters. The minimum atomic E-state index is -0.548. The molecule has 1 rings (SSSR count). The quantitative estimate of drug-likeness (QED) is 0.630. The van der Waals surface area contributed by atoms with Crippen molar-refractivity contribution in [2.75, 3.05) is 13.4 Å². The number of esters is 1. The number of hydrogen-bond donors (Lipinski definition) is 1. The van der Waals surface area contributed by atoms with Crippen molar-refractivity contribution in [2.45, 2.75) is 16.7 Å². The van der Waals surface area contributed by atoms with E-state index in [9.17, 15) is 4.79 Å². The average molecular weight is 231 g/mol. The third-order valence-electron chi connectivity index (χ3n) is 1.76. The van der Waals surface area contributed by atoms with Gasteiger partial charge in [0.1, 0.15) is 6.04 Å². The van der Waals surface area contributed by atoms with Crippen LogP contribution in [0.25, 0.3) is 0 Å². The van der Waals surface area contributed by atoms with E-state index >= 15 is 0 Å². The van der Waals surface area contributed by atoms with E-state index in [4.69, 9.17) is 5.73 Å². The van der Waals surface area contributed by atoms with Crippen molar-refractivity contribution >= 4 is 29.1 Å². The molecule has 1 aromatic rings. The van der Waals surface area contributed by atoms with Crippen LogP contribution in [0, 0.1) is 0 Å². The highest BCUT2D eigenvalue weighted by Gasteiger charge is 2.15. The Balaban J connectivity index is 2.55. The number of ether oxygens (including phenoxy) is 1. The van der Waals surface area contributed by atoms with Gasteiger partial charge in [-0.1, -0.05) is 0 Å². The Kier molecular flexibility index (Phi) is 4.44. The van der Waals surface area contributed by atoms with Crippen LogP contribution in [-0.4, -0.2) is 25.4 Å². The molecule has 2 N–H and O–H groups in total. The summed E-state index contributed by atoms with van der Waals surface area (Å²) in [6.07, 6.45) is 2.58. The van der Waals surface area contributed by atoms with E-state index in [1.807, 2.05) is 18.4 Å². The fourth-order valence-electron chi connectivity index (χ4n) is 1.03. The number of rotatable bonds is 4. The standard InChI is InChI=1S/C9H13NO2S2/c1-12-9(11)7(10)5-6-3-4-8(13-2)14-6/h3-4,7H,5,10H2,1-2H3. The van der Waals surface area contributed by atoms with Crippen LogP contribution in [0.4, 0.5) is 0 Å². The molecule has 5 heteroatoms. The average Bonchev–Trinajstić information content (AvgIpc) is 2.64. The molecule has 0 aliphatic rings. The van der Waals surface area contributed by atoms with Gasteiger partial charge in [0.25, 0.3) is 0 Å². The molecule has 0 saturated heterocycles. The van der Waals surface area contributed by atoms with Gasteiger partial charge in [-0.05, 0) is 18.4 Å². The molecule has 0 bridgehead atoms. The highest BCUT2D eigenvalue weighted by atomic mass is 32.2. The van der Waals surface area contributed by atoms with Gasteiger partial charge in [-0.2, -0.15) is 0 Å². The van der Waals surface area contributed by atoms with E-state index in [0.29, 0.717) is 6.42 Å². The van der Waals surface area contributed by atoms with Crippen LogP contribution in [-0.2, 0) is 16.0 Å².